The number of hydrogen-bond donors (Lipinski definition) is 1. The lowest BCUT2D eigenvalue weighted by Crippen LogP contribution is -2.29. The molecule has 0 aromatic carbocycles. The minimum atomic E-state index is -0.105. The van der Waals surface area contributed by atoms with Crippen LogP contribution in [0.4, 0.5) is 0 Å². The van der Waals surface area contributed by atoms with Crippen molar-refractivity contribution in [3.8, 4) is 0 Å². The highest BCUT2D eigenvalue weighted by Gasteiger charge is 2.15. The van der Waals surface area contributed by atoms with E-state index in [0.717, 1.165) is 6.54 Å². The second-order valence-electron chi connectivity index (χ2n) is 5.21. The Kier molecular flexibility index (Phi) is 6.46. The Morgan fingerprint density at radius 1 is 1.31 bits per heavy atom. The van der Waals surface area contributed by atoms with Crippen LogP contribution in [-0.4, -0.2) is 25.7 Å². The number of ether oxygens (including phenoxy) is 1. The van der Waals surface area contributed by atoms with Crippen molar-refractivity contribution in [2.24, 2.45) is 11.8 Å². The average molecular weight is 227 g/mol. The maximum atomic E-state index is 11.4. The molecule has 1 N–H and O–H groups in total. The standard InChI is InChI=1S/C13H25NO2/c1-11(2)8-14-9-13(15)16-10-12-6-4-3-5-7-12/h11-12,14H,3-10H2,1-2H3. The van der Waals surface area contributed by atoms with Gasteiger partial charge in [-0.15, -0.1) is 0 Å². The first kappa shape index (κ1) is 13.5. The maximum Gasteiger partial charge on any atom is 0.319 e. The van der Waals surface area contributed by atoms with Gasteiger partial charge < -0.3 is 10.1 Å². The van der Waals surface area contributed by atoms with E-state index in [9.17, 15) is 4.79 Å². The average Bonchev–Trinajstić information content (AvgIpc) is 2.27. The monoisotopic (exact) mass is 227 g/mol. The topological polar surface area (TPSA) is 38.3 Å². The van der Waals surface area contributed by atoms with E-state index in [1.165, 1.54) is 32.1 Å². The summed E-state index contributed by atoms with van der Waals surface area (Å²) in [5, 5.41) is 3.10. The van der Waals surface area contributed by atoms with Gasteiger partial charge >= 0.3 is 5.97 Å². The summed E-state index contributed by atoms with van der Waals surface area (Å²) in [6, 6.07) is 0. The van der Waals surface area contributed by atoms with E-state index in [2.05, 4.69) is 19.2 Å². The minimum Gasteiger partial charge on any atom is -0.464 e. The highest BCUT2D eigenvalue weighted by molar-refractivity contribution is 5.71. The molecule has 0 saturated heterocycles. The van der Waals surface area contributed by atoms with Crippen LogP contribution < -0.4 is 5.32 Å². The van der Waals surface area contributed by atoms with Gasteiger partial charge in [-0.2, -0.15) is 0 Å². The van der Waals surface area contributed by atoms with Gasteiger partial charge in [0.05, 0.1) is 13.2 Å². The Labute approximate surface area is 98.9 Å². The van der Waals surface area contributed by atoms with Crippen LogP contribution in [0.3, 0.4) is 0 Å². The fourth-order valence-electron chi connectivity index (χ4n) is 2.08. The molecule has 0 radical (unpaired) electrons. The van der Waals surface area contributed by atoms with Crippen molar-refractivity contribution >= 4 is 5.97 Å². The zero-order chi connectivity index (χ0) is 11.8. The lowest BCUT2D eigenvalue weighted by Gasteiger charge is -2.21. The van der Waals surface area contributed by atoms with Crippen LogP contribution in [0.2, 0.25) is 0 Å². The minimum absolute atomic E-state index is 0.105. The molecule has 0 atom stereocenters. The lowest BCUT2D eigenvalue weighted by molar-refractivity contribution is -0.144. The molecule has 16 heavy (non-hydrogen) atoms. The Morgan fingerprint density at radius 3 is 2.62 bits per heavy atom. The molecule has 0 aromatic heterocycles. The SMILES string of the molecule is CC(C)CNCC(=O)OCC1CCCCC1. The van der Waals surface area contributed by atoms with E-state index in [1.54, 1.807) is 0 Å². The molecule has 0 aromatic rings. The largest absolute Gasteiger partial charge is 0.464 e. The van der Waals surface area contributed by atoms with Crippen LogP contribution in [0.1, 0.15) is 46.0 Å². The van der Waals surface area contributed by atoms with Gasteiger partial charge in [0.1, 0.15) is 0 Å². The normalized spacial score (nSPS) is 17.7. The molecule has 1 aliphatic rings. The molecule has 0 unspecified atom stereocenters. The smallest absolute Gasteiger partial charge is 0.319 e. The second kappa shape index (κ2) is 7.66. The molecule has 3 nitrogen and oxygen atoms in total. The summed E-state index contributed by atoms with van der Waals surface area (Å²) in [4.78, 5) is 11.4. The quantitative estimate of drug-likeness (QED) is 0.708. The molecule has 0 spiro atoms. The van der Waals surface area contributed by atoms with Crippen molar-refractivity contribution in [2.75, 3.05) is 19.7 Å². The maximum absolute atomic E-state index is 11.4. The van der Waals surface area contributed by atoms with Crippen LogP contribution in [-0.2, 0) is 9.53 Å². The van der Waals surface area contributed by atoms with Crippen molar-refractivity contribution in [1.82, 2.24) is 5.32 Å². The number of rotatable bonds is 6. The van der Waals surface area contributed by atoms with Crippen LogP contribution in [0, 0.1) is 11.8 Å². The third-order valence-corrected chi connectivity index (χ3v) is 3.03. The van der Waals surface area contributed by atoms with Crippen LogP contribution in [0.15, 0.2) is 0 Å². The molecule has 0 aliphatic heterocycles. The number of hydrogen-bond acceptors (Lipinski definition) is 3. The Morgan fingerprint density at radius 2 is 2.00 bits per heavy atom. The Bertz CT molecular complexity index is 198. The van der Waals surface area contributed by atoms with Gasteiger partial charge in [-0.25, -0.2) is 0 Å². The molecule has 3 heteroatoms. The van der Waals surface area contributed by atoms with Crippen molar-refractivity contribution in [2.45, 2.75) is 46.0 Å². The molecular formula is C13H25NO2. The summed E-state index contributed by atoms with van der Waals surface area (Å²) in [5.41, 5.74) is 0. The first-order valence-corrected chi connectivity index (χ1v) is 6.55. The molecular weight excluding hydrogens is 202 g/mol. The van der Waals surface area contributed by atoms with Gasteiger partial charge in [0.15, 0.2) is 0 Å². The van der Waals surface area contributed by atoms with Gasteiger partial charge in [-0.3, -0.25) is 4.79 Å². The molecule has 1 saturated carbocycles. The van der Waals surface area contributed by atoms with Gasteiger partial charge in [-0.05, 0) is 31.2 Å². The summed E-state index contributed by atoms with van der Waals surface area (Å²) in [6.45, 7) is 6.10. The number of carbonyl (C=O) groups is 1. The lowest BCUT2D eigenvalue weighted by atomic mass is 9.90. The molecule has 94 valence electrons. The summed E-state index contributed by atoms with van der Waals surface area (Å²) in [6.07, 6.45) is 6.40. The van der Waals surface area contributed by atoms with Crippen molar-refractivity contribution in [1.29, 1.82) is 0 Å². The highest BCUT2D eigenvalue weighted by atomic mass is 16.5. The second-order valence-corrected chi connectivity index (χ2v) is 5.21. The van der Waals surface area contributed by atoms with E-state index < -0.39 is 0 Å². The fourth-order valence-corrected chi connectivity index (χ4v) is 2.08. The van der Waals surface area contributed by atoms with E-state index in [4.69, 9.17) is 4.74 Å². The molecule has 0 amide bonds. The fraction of sp³-hybridized carbons (Fsp3) is 0.923. The van der Waals surface area contributed by atoms with Gasteiger partial charge in [0.25, 0.3) is 0 Å². The summed E-state index contributed by atoms with van der Waals surface area (Å²) in [5.74, 6) is 1.08. The van der Waals surface area contributed by atoms with Crippen molar-refractivity contribution in [3.63, 3.8) is 0 Å². The summed E-state index contributed by atoms with van der Waals surface area (Å²) >= 11 is 0. The van der Waals surface area contributed by atoms with Crippen molar-refractivity contribution < 1.29 is 9.53 Å². The molecule has 1 rings (SSSR count). The zero-order valence-corrected chi connectivity index (χ0v) is 10.6. The highest BCUT2D eigenvalue weighted by Crippen LogP contribution is 2.23. The van der Waals surface area contributed by atoms with E-state index >= 15 is 0 Å². The third kappa shape index (κ3) is 6.11. The zero-order valence-electron chi connectivity index (χ0n) is 10.6. The van der Waals surface area contributed by atoms with E-state index in [1.807, 2.05) is 0 Å². The van der Waals surface area contributed by atoms with Gasteiger partial charge in [-0.1, -0.05) is 33.1 Å². The van der Waals surface area contributed by atoms with Crippen LogP contribution in [0.25, 0.3) is 0 Å². The summed E-state index contributed by atoms with van der Waals surface area (Å²) < 4.78 is 5.26. The van der Waals surface area contributed by atoms with Crippen LogP contribution >= 0.6 is 0 Å². The number of carbonyl (C=O) groups excluding carboxylic acids is 1. The summed E-state index contributed by atoms with van der Waals surface area (Å²) in [7, 11) is 0. The molecule has 0 bridgehead atoms. The van der Waals surface area contributed by atoms with Gasteiger partial charge in [0.2, 0.25) is 0 Å². The number of esters is 1. The Balaban J connectivity index is 2.00. The molecule has 0 heterocycles. The van der Waals surface area contributed by atoms with E-state index in [-0.39, 0.29) is 5.97 Å². The molecule has 1 aliphatic carbocycles. The van der Waals surface area contributed by atoms with E-state index in [0.29, 0.717) is 25.0 Å². The van der Waals surface area contributed by atoms with Crippen molar-refractivity contribution in [3.05, 3.63) is 0 Å². The first-order valence-electron chi connectivity index (χ1n) is 6.55. The molecule has 1 fully saturated rings. The third-order valence-electron chi connectivity index (χ3n) is 3.03. The predicted molar refractivity (Wildman–Crippen MR) is 65.2 cm³/mol. The number of nitrogens with one attached hydrogen (secondary N) is 1. The van der Waals surface area contributed by atoms with Crippen LogP contribution in [0.5, 0.6) is 0 Å². The van der Waals surface area contributed by atoms with Gasteiger partial charge in [0, 0.05) is 0 Å². The first-order chi connectivity index (χ1) is 7.68. The Hall–Kier alpha value is -0.570. The predicted octanol–water partition coefficient (Wildman–Crippen LogP) is 2.36.